The normalized spacial score (nSPS) is 19.9. The molecule has 0 amide bonds. The second kappa shape index (κ2) is 4.76. The summed E-state index contributed by atoms with van der Waals surface area (Å²) in [6.45, 7) is 5.00. The Morgan fingerprint density at radius 3 is 2.65 bits per heavy atom. The number of nitrogens with zero attached hydrogens (tertiary/aromatic N) is 1. The standard InChI is InChI=1S/C16H22N2O2/c1-10(2)13-7-11(15(19)20)8-14(18-13)17-9-16(5-6-16)12-3-4-12/h7-8,10,12H,3-6,9H2,1-2H3,(H,17,18)(H,19,20). The lowest BCUT2D eigenvalue weighted by Crippen LogP contribution is -2.18. The molecule has 1 aromatic rings. The van der Waals surface area contributed by atoms with Crippen molar-refractivity contribution in [3.8, 4) is 0 Å². The Labute approximate surface area is 119 Å². The van der Waals surface area contributed by atoms with Gasteiger partial charge in [-0.25, -0.2) is 9.78 Å². The van der Waals surface area contributed by atoms with Crippen LogP contribution in [-0.4, -0.2) is 22.6 Å². The number of hydrogen-bond acceptors (Lipinski definition) is 3. The highest BCUT2D eigenvalue weighted by atomic mass is 16.4. The summed E-state index contributed by atoms with van der Waals surface area (Å²) >= 11 is 0. The zero-order valence-corrected chi connectivity index (χ0v) is 12.1. The molecule has 0 atom stereocenters. The van der Waals surface area contributed by atoms with E-state index in [0.717, 1.165) is 18.2 Å². The average molecular weight is 274 g/mol. The van der Waals surface area contributed by atoms with Crippen molar-refractivity contribution in [2.45, 2.75) is 45.4 Å². The number of aromatic nitrogens is 1. The van der Waals surface area contributed by atoms with Crippen molar-refractivity contribution in [3.63, 3.8) is 0 Å². The van der Waals surface area contributed by atoms with Crippen LogP contribution in [0.2, 0.25) is 0 Å². The summed E-state index contributed by atoms with van der Waals surface area (Å²) in [6.07, 6.45) is 5.34. The molecule has 20 heavy (non-hydrogen) atoms. The third-order valence-electron chi connectivity index (χ3n) is 4.64. The van der Waals surface area contributed by atoms with Crippen molar-refractivity contribution in [2.24, 2.45) is 11.3 Å². The maximum Gasteiger partial charge on any atom is 0.335 e. The summed E-state index contributed by atoms with van der Waals surface area (Å²) in [7, 11) is 0. The Hall–Kier alpha value is -1.58. The molecule has 0 saturated heterocycles. The smallest absolute Gasteiger partial charge is 0.335 e. The quantitative estimate of drug-likeness (QED) is 0.833. The minimum Gasteiger partial charge on any atom is -0.478 e. The molecule has 2 aliphatic rings. The fraction of sp³-hybridized carbons (Fsp3) is 0.625. The SMILES string of the molecule is CC(C)c1cc(C(=O)O)cc(NCC2(C3CC3)CC2)n1. The second-order valence-corrected chi connectivity index (χ2v) is 6.62. The number of nitrogens with one attached hydrogen (secondary N) is 1. The van der Waals surface area contributed by atoms with E-state index in [9.17, 15) is 9.90 Å². The largest absolute Gasteiger partial charge is 0.478 e. The molecule has 2 N–H and O–H groups in total. The van der Waals surface area contributed by atoms with E-state index >= 15 is 0 Å². The fourth-order valence-corrected chi connectivity index (χ4v) is 2.91. The van der Waals surface area contributed by atoms with E-state index in [1.54, 1.807) is 12.1 Å². The lowest BCUT2D eigenvalue weighted by Gasteiger charge is -2.17. The molecule has 3 rings (SSSR count). The molecule has 0 bridgehead atoms. The summed E-state index contributed by atoms with van der Waals surface area (Å²) in [5, 5.41) is 12.6. The van der Waals surface area contributed by atoms with Crippen LogP contribution in [0.25, 0.3) is 0 Å². The number of carbonyl (C=O) groups is 1. The van der Waals surface area contributed by atoms with Gasteiger partial charge in [0.05, 0.1) is 5.56 Å². The average Bonchev–Trinajstić information content (AvgIpc) is 3.27. The Morgan fingerprint density at radius 1 is 1.45 bits per heavy atom. The van der Waals surface area contributed by atoms with Crippen molar-refractivity contribution in [1.29, 1.82) is 0 Å². The monoisotopic (exact) mass is 274 g/mol. The van der Waals surface area contributed by atoms with Gasteiger partial charge in [-0.15, -0.1) is 0 Å². The molecule has 2 aliphatic carbocycles. The first-order valence-corrected chi connectivity index (χ1v) is 7.49. The molecule has 108 valence electrons. The first-order valence-electron chi connectivity index (χ1n) is 7.49. The zero-order chi connectivity index (χ0) is 14.3. The molecular weight excluding hydrogens is 252 g/mol. The molecule has 1 heterocycles. The maximum absolute atomic E-state index is 11.2. The molecule has 4 heteroatoms. The predicted octanol–water partition coefficient (Wildman–Crippen LogP) is 3.51. The lowest BCUT2D eigenvalue weighted by molar-refractivity contribution is 0.0696. The fourth-order valence-electron chi connectivity index (χ4n) is 2.91. The van der Waals surface area contributed by atoms with Crippen LogP contribution in [0, 0.1) is 11.3 Å². The van der Waals surface area contributed by atoms with E-state index < -0.39 is 5.97 Å². The minimum absolute atomic E-state index is 0.230. The topological polar surface area (TPSA) is 62.2 Å². The van der Waals surface area contributed by atoms with E-state index in [4.69, 9.17) is 0 Å². The minimum atomic E-state index is -0.888. The summed E-state index contributed by atoms with van der Waals surface area (Å²) in [4.78, 5) is 15.8. The third-order valence-corrected chi connectivity index (χ3v) is 4.64. The molecule has 1 aromatic heterocycles. The Morgan fingerprint density at radius 2 is 2.15 bits per heavy atom. The van der Waals surface area contributed by atoms with Gasteiger partial charge >= 0.3 is 5.97 Å². The van der Waals surface area contributed by atoms with Gasteiger partial charge in [0.1, 0.15) is 5.82 Å². The number of carboxylic acid groups (broad SMARTS) is 1. The highest BCUT2D eigenvalue weighted by Gasteiger charge is 2.53. The van der Waals surface area contributed by atoms with E-state index in [1.165, 1.54) is 25.7 Å². The molecule has 4 nitrogen and oxygen atoms in total. The van der Waals surface area contributed by atoms with Crippen LogP contribution < -0.4 is 5.32 Å². The van der Waals surface area contributed by atoms with Gasteiger partial charge in [-0.2, -0.15) is 0 Å². The number of pyridine rings is 1. The van der Waals surface area contributed by atoms with Gasteiger partial charge in [-0.1, -0.05) is 13.8 Å². The number of hydrogen-bond donors (Lipinski definition) is 2. The van der Waals surface area contributed by atoms with Gasteiger partial charge in [0.2, 0.25) is 0 Å². The van der Waals surface area contributed by atoms with Crippen LogP contribution in [-0.2, 0) is 0 Å². The van der Waals surface area contributed by atoms with Gasteiger partial charge in [0, 0.05) is 12.2 Å². The van der Waals surface area contributed by atoms with Crippen LogP contribution in [0.3, 0.4) is 0 Å². The zero-order valence-electron chi connectivity index (χ0n) is 12.1. The van der Waals surface area contributed by atoms with Crippen molar-refractivity contribution in [2.75, 3.05) is 11.9 Å². The van der Waals surface area contributed by atoms with Gasteiger partial charge in [0.25, 0.3) is 0 Å². The van der Waals surface area contributed by atoms with Crippen molar-refractivity contribution in [3.05, 3.63) is 23.4 Å². The Kier molecular flexibility index (Phi) is 3.19. The summed E-state index contributed by atoms with van der Waals surface area (Å²) in [6, 6.07) is 3.32. The lowest BCUT2D eigenvalue weighted by atomic mass is 10.0. The van der Waals surface area contributed by atoms with Crippen LogP contribution in [0.4, 0.5) is 5.82 Å². The number of aromatic carboxylic acids is 1. The Bertz CT molecular complexity index is 531. The molecule has 0 unspecified atom stereocenters. The highest BCUT2D eigenvalue weighted by molar-refractivity contribution is 5.88. The number of rotatable bonds is 6. The number of anilines is 1. The molecule has 0 radical (unpaired) electrons. The van der Waals surface area contributed by atoms with Gasteiger partial charge in [-0.3, -0.25) is 0 Å². The van der Waals surface area contributed by atoms with Crippen molar-refractivity contribution < 1.29 is 9.90 Å². The molecular formula is C16H22N2O2. The first kappa shape index (κ1) is 13.4. The molecule has 2 fully saturated rings. The van der Waals surface area contributed by atoms with E-state index in [2.05, 4.69) is 10.3 Å². The first-order chi connectivity index (χ1) is 9.50. The number of carboxylic acids is 1. The maximum atomic E-state index is 11.2. The van der Waals surface area contributed by atoms with Crippen LogP contribution in [0.5, 0.6) is 0 Å². The van der Waals surface area contributed by atoms with E-state index in [-0.39, 0.29) is 5.92 Å². The Balaban J connectivity index is 1.76. The van der Waals surface area contributed by atoms with Crippen molar-refractivity contribution >= 4 is 11.8 Å². The van der Waals surface area contributed by atoms with E-state index in [1.807, 2.05) is 13.8 Å². The van der Waals surface area contributed by atoms with Crippen LogP contribution in [0.15, 0.2) is 12.1 Å². The summed E-state index contributed by atoms with van der Waals surface area (Å²) in [5.41, 5.74) is 1.64. The molecule has 2 saturated carbocycles. The molecule has 0 aromatic carbocycles. The van der Waals surface area contributed by atoms with Crippen LogP contribution >= 0.6 is 0 Å². The van der Waals surface area contributed by atoms with Crippen LogP contribution in [0.1, 0.15) is 61.5 Å². The van der Waals surface area contributed by atoms with E-state index in [0.29, 0.717) is 16.8 Å². The van der Waals surface area contributed by atoms with Gasteiger partial charge in [-0.05, 0) is 55.1 Å². The summed E-state index contributed by atoms with van der Waals surface area (Å²) < 4.78 is 0. The molecule has 0 spiro atoms. The van der Waals surface area contributed by atoms with Gasteiger partial charge < -0.3 is 10.4 Å². The second-order valence-electron chi connectivity index (χ2n) is 6.62. The van der Waals surface area contributed by atoms with Gasteiger partial charge in [0.15, 0.2) is 0 Å². The van der Waals surface area contributed by atoms with Crippen molar-refractivity contribution in [1.82, 2.24) is 4.98 Å². The predicted molar refractivity (Wildman–Crippen MR) is 78.2 cm³/mol. The highest BCUT2D eigenvalue weighted by Crippen LogP contribution is 2.61. The molecule has 0 aliphatic heterocycles. The third kappa shape index (κ3) is 2.65. The summed E-state index contributed by atoms with van der Waals surface area (Å²) in [5.74, 6) is 0.941.